The minimum atomic E-state index is 0.421. The first kappa shape index (κ1) is 10.5. The lowest BCUT2D eigenvalue weighted by Gasteiger charge is -2.20. The summed E-state index contributed by atoms with van der Waals surface area (Å²) >= 11 is 0. The van der Waals surface area contributed by atoms with Crippen molar-refractivity contribution >= 4 is 7.92 Å². The van der Waals surface area contributed by atoms with E-state index < -0.39 is 0 Å². The fourth-order valence-corrected chi connectivity index (χ4v) is 5.53. The molecule has 0 bridgehead atoms. The van der Waals surface area contributed by atoms with Crippen LogP contribution in [0.5, 0.6) is 0 Å². The van der Waals surface area contributed by atoms with Gasteiger partial charge in [0.25, 0.3) is 0 Å². The summed E-state index contributed by atoms with van der Waals surface area (Å²) in [6.07, 6.45) is 8.92. The van der Waals surface area contributed by atoms with Crippen LogP contribution in [0.15, 0.2) is 0 Å². The predicted octanol–water partition coefficient (Wildman–Crippen LogP) is 4.23. The lowest BCUT2D eigenvalue weighted by molar-refractivity contribution is 0.773. The molecule has 0 saturated carbocycles. The molecular weight excluding hydrogens is 163 g/mol. The van der Waals surface area contributed by atoms with Gasteiger partial charge in [0, 0.05) is 0 Å². The maximum atomic E-state index is 2.47. The summed E-state index contributed by atoms with van der Waals surface area (Å²) in [6.45, 7) is 7.25. The van der Waals surface area contributed by atoms with Crippen LogP contribution in [0, 0.1) is 0 Å². The molecule has 1 rings (SSSR count). The van der Waals surface area contributed by atoms with Gasteiger partial charge in [-0.3, -0.25) is 0 Å². The van der Waals surface area contributed by atoms with Crippen molar-refractivity contribution in [3.8, 4) is 0 Å². The average molecular weight is 186 g/mol. The molecule has 12 heavy (non-hydrogen) atoms. The molecule has 1 heteroatoms. The Kier molecular flexibility index (Phi) is 4.57. The summed E-state index contributed by atoms with van der Waals surface area (Å²) < 4.78 is 0. The summed E-state index contributed by atoms with van der Waals surface area (Å²) in [5.41, 5.74) is 2.15. The van der Waals surface area contributed by atoms with E-state index in [0.717, 1.165) is 11.3 Å². The quantitative estimate of drug-likeness (QED) is 0.455. The van der Waals surface area contributed by atoms with E-state index in [4.69, 9.17) is 0 Å². The van der Waals surface area contributed by atoms with E-state index in [9.17, 15) is 0 Å². The second-order valence-corrected chi connectivity index (χ2v) is 7.46. The van der Waals surface area contributed by atoms with Crippen LogP contribution in [0.4, 0.5) is 0 Å². The number of hydrogen-bond acceptors (Lipinski definition) is 0. The van der Waals surface area contributed by atoms with Crippen molar-refractivity contribution in [3.63, 3.8) is 0 Å². The Morgan fingerprint density at radius 2 is 1.67 bits per heavy atom. The molecule has 0 N–H and O–H groups in total. The zero-order valence-electron chi connectivity index (χ0n) is 8.84. The molecular formula is C11H23P. The zero-order chi connectivity index (χ0) is 8.97. The van der Waals surface area contributed by atoms with E-state index in [1.54, 1.807) is 6.16 Å². The molecule has 0 amide bonds. The Morgan fingerprint density at radius 3 is 2.17 bits per heavy atom. The number of rotatable bonds is 4. The lowest BCUT2D eigenvalue weighted by atomic mass is 10.2. The molecule has 1 aliphatic heterocycles. The molecule has 0 nitrogen and oxygen atoms in total. The fourth-order valence-electron chi connectivity index (χ4n) is 2.23. The van der Waals surface area contributed by atoms with Crippen LogP contribution in [0.2, 0.25) is 0 Å². The Hall–Kier alpha value is 0.430. The Morgan fingerprint density at radius 1 is 1.08 bits per heavy atom. The highest BCUT2D eigenvalue weighted by Gasteiger charge is 2.28. The van der Waals surface area contributed by atoms with E-state index in [-0.39, 0.29) is 0 Å². The van der Waals surface area contributed by atoms with Crippen molar-refractivity contribution in [2.24, 2.45) is 0 Å². The first-order valence-corrected chi connectivity index (χ1v) is 7.18. The second-order valence-electron chi connectivity index (χ2n) is 4.22. The largest absolute Gasteiger partial charge is 0.101 e. The van der Waals surface area contributed by atoms with E-state index in [1.165, 1.54) is 32.1 Å². The SMILES string of the molecule is CCCCCP1C(C)CCC1C. The van der Waals surface area contributed by atoms with Gasteiger partial charge in [0.2, 0.25) is 0 Å². The standard InChI is InChI=1S/C11H23P/c1-4-5-6-9-12-10(2)7-8-11(12)3/h10-11H,4-9H2,1-3H3. The highest BCUT2D eigenvalue weighted by Crippen LogP contribution is 2.55. The fraction of sp³-hybridized carbons (Fsp3) is 1.00. The van der Waals surface area contributed by atoms with Gasteiger partial charge in [-0.1, -0.05) is 33.6 Å². The summed E-state index contributed by atoms with van der Waals surface area (Å²) in [5, 5.41) is 0. The Bertz CT molecular complexity index is 112. The first-order valence-electron chi connectivity index (χ1n) is 5.51. The van der Waals surface area contributed by atoms with Crippen LogP contribution in [0.3, 0.4) is 0 Å². The van der Waals surface area contributed by atoms with Gasteiger partial charge in [-0.05, 0) is 36.7 Å². The van der Waals surface area contributed by atoms with Gasteiger partial charge >= 0.3 is 0 Å². The molecule has 2 unspecified atom stereocenters. The van der Waals surface area contributed by atoms with Gasteiger partial charge in [-0.25, -0.2) is 0 Å². The molecule has 0 aromatic heterocycles. The highest BCUT2D eigenvalue weighted by molar-refractivity contribution is 7.59. The minimum absolute atomic E-state index is 0.421. The van der Waals surface area contributed by atoms with Gasteiger partial charge in [0.15, 0.2) is 0 Å². The van der Waals surface area contributed by atoms with Crippen LogP contribution in [0.25, 0.3) is 0 Å². The third-order valence-corrected chi connectivity index (χ3v) is 6.77. The van der Waals surface area contributed by atoms with Gasteiger partial charge in [-0.15, -0.1) is 7.92 Å². The van der Waals surface area contributed by atoms with Gasteiger partial charge in [0.05, 0.1) is 0 Å². The lowest BCUT2D eigenvalue weighted by Crippen LogP contribution is -2.00. The molecule has 2 atom stereocenters. The summed E-state index contributed by atoms with van der Waals surface area (Å²) in [4.78, 5) is 0. The molecule has 1 aliphatic rings. The predicted molar refractivity (Wildman–Crippen MR) is 59.5 cm³/mol. The van der Waals surface area contributed by atoms with E-state index in [1.807, 2.05) is 0 Å². The van der Waals surface area contributed by atoms with Crippen LogP contribution in [0.1, 0.15) is 52.9 Å². The van der Waals surface area contributed by atoms with Gasteiger partial charge < -0.3 is 0 Å². The molecule has 1 fully saturated rings. The molecule has 1 heterocycles. The number of unbranched alkanes of at least 4 members (excludes halogenated alkanes) is 2. The maximum Gasteiger partial charge on any atom is -0.0235 e. The summed E-state index contributed by atoms with van der Waals surface area (Å²) in [7, 11) is 0.421. The first-order chi connectivity index (χ1) is 5.75. The average Bonchev–Trinajstić information content (AvgIpc) is 2.35. The summed E-state index contributed by atoms with van der Waals surface area (Å²) in [6, 6.07) is 0. The van der Waals surface area contributed by atoms with Crippen molar-refractivity contribution in [1.82, 2.24) is 0 Å². The second kappa shape index (κ2) is 5.22. The smallest absolute Gasteiger partial charge is 0.0235 e. The maximum absolute atomic E-state index is 2.47. The highest BCUT2D eigenvalue weighted by atomic mass is 31.1. The Balaban J connectivity index is 2.20. The van der Waals surface area contributed by atoms with Crippen molar-refractivity contribution < 1.29 is 0 Å². The van der Waals surface area contributed by atoms with Gasteiger partial charge in [-0.2, -0.15) is 0 Å². The van der Waals surface area contributed by atoms with Crippen molar-refractivity contribution in [3.05, 3.63) is 0 Å². The van der Waals surface area contributed by atoms with Crippen LogP contribution >= 0.6 is 7.92 Å². The molecule has 0 aromatic rings. The van der Waals surface area contributed by atoms with Gasteiger partial charge in [0.1, 0.15) is 0 Å². The molecule has 0 aromatic carbocycles. The Labute approximate surface area is 78.9 Å². The normalized spacial score (nSPS) is 35.8. The molecule has 72 valence electrons. The monoisotopic (exact) mass is 186 g/mol. The van der Waals surface area contributed by atoms with E-state index in [2.05, 4.69) is 20.8 Å². The van der Waals surface area contributed by atoms with E-state index >= 15 is 0 Å². The zero-order valence-corrected chi connectivity index (χ0v) is 9.74. The summed E-state index contributed by atoms with van der Waals surface area (Å²) in [5.74, 6) is 0. The molecule has 0 spiro atoms. The van der Waals surface area contributed by atoms with Crippen molar-refractivity contribution in [1.29, 1.82) is 0 Å². The molecule has 0 radical (unpaired) electrons. The van der Waals surface area contributed by atoms with Crippen LogP contribution < -0.4 is 0 Å². The molecule has 0 aliphatic carbocycles. The van der Waals surface area contributed by atoms with Crippen LogP contribution in [-0.4, -0.2) is 17.5 Å². The van der Waals surface area contributed by atoms with Crippen LogP contribution in [-0.2, 0) is 0 Å². The van der Waals surface area contributed by atoms with E-state index in [0.29, 0.717) is 7.92 Å². The van der Waals surface area contributed by atoms with Crippen molar-refractivity contribution in [2.45, 2.75) is 64.2 Å². The minimum Gasteiger partial charge on any atom is -0.101 e. The topological polar surface area (TPSA) is 0 Å². The third kappa shape index (κ3) is 2.73. The molecule has 1 saturated heterocycles. The third-order valence-electron chi connectivity index (χ3n) is 3.15. The van der Waals surface area contributed by atoms with Crippen molar-refractivity contribution in [2.75, 3.05) is 6.16 Å². The number of hydrogen-bond donors (Lipinski definition) is 0.